The van der Waals surface area contributed by atoms with Crippen LogP contribution in [0.25, 0.3) is 0 Å². The van der Waals surface area contributed by atoms with Crippen LogP contribution in [-0.4, -0.2) is 25.4 Å². The number of nitrogens with zero attached hydrogens (tertiary/aromatic N) is 1. The van der Waals surface area contributed by atoms with Gasteiger partial charge in [-0.15, -0.1) is 6.58 Å². The van der Waals surface area contributed by atoms with Crippen LogP contribution in [0.3, 0.4) is 0 Å². The molecule has 0 fully saturated rings. The van der Waals surface area contributed by atoms with E-state index in [0.29, 0.717) is 19.3 Å². The fraction of sp³-hybridized carbons (Fsp3) is 0.500. The lowest BCUT2D eigenvalue weighted by Crippen LogP contribution is -2.24. The first-order valence-corrected chi connectivity index (χ1v) is 7.86. The summed E-state index contributed by atoms with van der Waals surface area (Å²) in [6.07, 6.45) is 5.29. The quantitative estimate of drug-likeness (QED) is 0.293. The van der Waals surface area contributed by atoms with Gasteiger partial charge >= 0.3 is 0 Å². The van der Waals surface area contributed by atoms with E-state index in [9.17, 15) is 0 Å². The molecule has 1 rings (SSSR count). The summed E-state index contributed by atoms with van der Waals surface area (Å²) in [6.45, 7) is 12.1. The fourth-order valence-corrected chi connectivity index (χ4v) is 2.01. The van der Waals surface area contributed by atoms with Gasteiger partial charge in [-0.25, -0.2) is 0 Å². The highest BCUT2D eigenvalue weighted by Gasteiger charge is 2.05. The Morgan fingerprint density at radius 2 is 2.18 bits per heavy atom. The Hall–Kier alpha value is -1.81. The van der Waals surface area contributed by atoms with Crippen molar-refractivity contribution in [3.63, 3.8) is 0 Å². The molecular weight excluding hydrogens is 276 g/mol. The first-order valence-electron chi connectivity index (χ1n) is 7.86. The van der Waals surface area contributed by atoms with Crippen molar-refractivity contribution < 1.29 is 9.57 Å². The summed E-state index contributed by atoms with van der Waals surface area (Å²) in [7, 11) is 0. The Bertz CT molecular complexity index is 470. The summed E-state index contributed by atoms with van der Waals surface area (Å²) in [5.74, 6) is 0.923. The van der Waals surface area contributed by atoms with E-state index in [4.69, 9.17) is 9.57 Å². The highest BCUT2D eigenvalue weighted by atomic mass is 16.6. The van der Waals surface area contributed by atoms with Crippen LogP contribution in [0.5, 0.6) is 5.75 Å². The van der Waals surface area contributed by atoms with Gasteiger partial charge in [0.05, 0.1) is 6.61 Å². The van der Waals surface area contributed by atoms with Gasteiger partial charge < -0.3 is 14.9 Å². The molecule has 4 nitrogen and oxygen atoms in total. The van der Waals surface area contributed by atoms with Crippen LogP contribution in [-0.2, 0) is 17.9 Å². The van der Waals surface area contributed by atoms with E-state index in [2.05, 4.69) is 37.0 Å². The van der Waals surface area contributed by atoms with Crippen LogP contribution in [0, 0.1) is 0 Å². The van der Waals surface area contributed by atoms with Crippen molar-refractivity contribution in [2.45, 2.75) is 46.3 Å². The van der Waals surface area contributed by atoms with E-state index < -0.39 is 0 Å². The Morgan fingerprint density at radius 1 is 1.36 bits per heavy atom. The number of allylic oxidation sites excluding steroid dienone is 1. The molecular formula is C18H28N2O2. The van der Waals surface area contributed by atoms with E-state index >= 15 is 0 Å². The molecule has 122 valence electrons. The van der Waals surface area contributed by atoms with Crippen molar-refractivity contribution in [2.24, 2.45) is 5.16 Å². The number of hydrogen-bond donors (Lipinski definition) is 1. The summed E-state index contributed by atoms with van der Waals surface area (Å²) < 4.78 is 5.89. The van der Waals surface area contributed by atoms with Gasteiger partial charge in [0, 0.05) is 12.3 Å². The van der Waals surface area contributed by atoms with Crippen molar-refractivity contribution in [2.75, 3.05) is 13.2 Å². The van der Waals surface area contributed by atoms with Crippen molar-refractivity contribution in [3.8, 4) is 5.75 Å². The van der Waals surface area contributed by atoms with Gasteiger partial charge in [0.2, 0.25) is 0 Å². The van der Waals surface area contributed by atoms with Gasteiger partial charge in [-0.05, 0) is 49.6 Å². The molecule has 22 heavy (non-hydrogen) atoms. The molecule has 0 heterocycles. The standard InChI is InChI=1S/C18H28N2O2/c1-5-8-17-13-16(14-22-20-6-2)9-10-18(17)21-12-7-11-19-15(3)4/h5-6,9-10,13,15,19H,1,7-8,11-12,14H2,2-4H3/b20-6+. The minimum absolute atomic E-state index is 0.465. The van der Waals surface area contributed by atoms with E-state index in [1.165, 1.54) is 0 Å². The van der Waals surface area contributed by atoms with Crippen molar-refractivity contribution in [3.05, 3.63) is 42.0 Å². The predicted octanol–water partition coefficient (Wildman–Crippen LogP) is 3.70. The monoisotopic (exact) mass is 304 g/mol. The van der Waals surface area contributed by atoms with E-state index in [0.717, 1.165) is 36.3 Å². The third-order valence-electron chi connectivity index (χ3n) is 3.03. The van der Waals surface area contributed by atoms with Gasteiger partial charge in [0.1, 0.15) is 12.4 Å². The second-order valence-corrected chi connectivity index (χ2v) is 5.38. The lowest BCUT2D eigenvalue weighted by molar-refractivity contribution is 0.131. The van der Waals surface area contributed by atoms with Crippen LogP contribution in [0.2, 0.25) is 0 Å². The summed E-state index contributed by atoms with van der Waals surface area (Å²) in [6, 6.07) is 6.62. The van der Waals surface area contributed by atoms with Crippen molar-refractivity contribution in [1.29, 1.82) is 0 Å². The van der Waals surface area contributed by atoms with Crippen LogP contribution in [0.4, 0.5) is 0 Å². The number of oxime groups is 1. The normalized spacial score (nSPS) is 11.1. The minimum atomic E-state index is 0.465. The molecule has 0 spiro atoms. The minimum Gasteiger partial charge on any atom is -0.493 e. The van der Waals surface area contributed by atoms with E-state index in [-0.39, 0.29) is 0 Å². The molecule has 0 saturated carbocycles. The van der Waals surface area contributed by atoms with Gasteiger partial charge in [0.25, 0.3) is 0 Å². The topological polar surface area (TPSA) is 42.9 Å². The molecule has 4 heteroatoms. The largest absolute Gasteiger partial charge is 0.493 e. The van der Waals surface area contributed by atoms with Crippen LogP contribution in [0.15, 0.2) is 36.0 Å². The Morgan fingerprint density at radius 3 is 2.86 bits per heavy atom. The first kappa shape index (κ1) is 18.2. The first-order chi connectivity index (χ1) is 10.7. The third-order valence-corrected chi connectivity index (χ3v) is 3.03. The predicted molar refractivity (Wildman–Crippen MR) is 92.5 cm³/mol. The fourth-order valence-electron chi connectivity index (χ4n) is 2.01. The molecule has 0 saturated heterocycles. The Balaban J connectivity index is 2.55. The van der Waals surface area contributed by atoms with Crippen molar-refractivity contribution in [1.82, 2.24) is 5.32 Å². The number of ether oxygens (including phenoxy) is 1. The summed E-state index contributed by atoms with van der Waals surface area (Å²) in [5, 5.41) is 7.15. The molecule has 0 bridgehead atoms. The molecule has 1 aromatic carbocycles. The highest BCUT2D eigenvalue weighted by Crippen LogP contribution is 2.22. The maximum absolute atomic E-state index is 5.89. The molecule has 0 aliphatic rings. The summed E-state index contributed by atoms with van der Waals surface area (Å²) >= 11 is 0. The summed E-state index contributed by atoms with van der Waals surface area (Å²) in [5.41, 5.74) is 2.21. The van der Waals surface area contributed by atoms with E-state index in [1.807, 2.05) is 25.1 Å². The van der Waals surface area contributed by atoms with Crippen LogP contribution >= 0.6 is 0 Å². The van der Waals surface area contributed by atoms with E-state index in [1.54, 1.807) is 6.21 Å². The van der Waals surface area contributed by atoms with Crippen LogP contribution < -0.4 is 10.1 Å². The average molecular weight is 304 g/mol. The average Bonchev–Trinajstić information content (AvgIpc) is 2.49. The molecule has 1 N–H and O–H groups in total. The molecule has 0 aliphatic heterocycles. The second-order valence-electron chi connectivity index (χ2n) is 5.38. The molecule has 1 aromatic rings. The van der Waals surface area contributed by atoms with Crippen LogP contribution in [0.1, 0.15) is 38.3 Å². The van der Waals surface area contributed by atoms with Gasteiger partial charge in [0.15, 0.2) is 0 Å². The number of nitrogens with one attached hydrogen (secondary N) is 1. The third kappa shape index (κ3) is 7.27. The second kappa shape index (κ2) is 10.9. The zero-order chi connectivity index (χ0) is 16.2. The van der Waals surface area contributed by atoms with Gasteiger partial charge in [-0.3, -0.25) is 0 Å². The molecule has 0 atom stereocenters. The molecule has 0 amide bonds. The smallest absolute Gasteiger partial charge is 0.142 e. The molecule has 0 aliphatic carbocycles. The zero-order valence-corrected chi connectivity index (χ0v) is 14.0. The molecule has 0 radical (unpaired) electrons. The van der Waals surface area contributed by atoms with Gasteiger partial charge in [-0.2, -0.15) is 0 Å². The Kier molecular flexibility index (Phi) is 9.00. The maximum atomic E-state index is 5.89. The lowest BCUT2D eigenvalue weighted by Gasteiger charge is -2.13. The number of hydrogen-bond acceptors (Lipinski definition) is 4. The number of rotatable bonds is 11. The SMILES string of the molecule is C=CCc1cc(CO/N=C/C)ccc1OCCCNC(C)C. The lowest BCUT2D eigenvalue weighted by atomic mass is 10.1. The number of benzene rings is 1. The zero-order valence-electron chi connectivity index (χ0n) is 14.0. The van der Waals surface area contributed by atoms with Crippen molar-refractivity contribution >= 4 is 6.21 Å². The molecule has 0 aromatic heterocycles. The highest BCUT2D eigenvalue weighted by molar-refractivity contribution is 5.52. The Labute approximate surface area is 134 Å². The van der Waals surface area contributed by atoms with Gasteiger partial charge in [-0.1, -0.05) is 31.1 Å². The molecule has 0 unspecified atom stereocenters. The maximum Gasteiger partial charge on any atom is 0.142 e. The summed E-state index contributed by atoms with van der Waals surface area (Å²) in [4.78, 5) is 5.17.